The van der Waals surface area contributed by atoms with Gasteiger partial charge in [0.15, 0.2) is 5.82 Å². The molecule has 1 N–H and O–H groups in total. The number of hydrogen-bond acceptors (Lipinski definition) is 3. The summed E-state index contributed by atoms with van der Waals surface area (Å²) in [6.45, 7) is 4.17. The molecule has 0 fully saturated rings. The van der Waals surface area contributed by atoms with Gasteiger partial charge >= 0.3 is 0 Å². The molecule has 0 aliphatic heterocycles. The van der Waals surface area contributed by atoms with E-state index in [-0.39, 0.29) is 0 Å². The van der Waals surface area contributed by atoms with E-state index in [1.165, 1.54) is 0 Å². The van der Waals surface area contributed by atoms with E-state index in [1.54, 1.807) is 6.20 Å². The molecule has 0 saturated heterocycles. The van der Waals surface area contributed by atoms with Crippen molar-refractivity contribution in [1.82, 2.24) is 24.8 Å². The van der Waals surface area contributed by atoms with Gasteiger partial charge < -0.3 is 0 Å². The molecule has 0 aromatic carbocycles. The largest absolute Gasteiger partial charge is 0.262 e. The van der Waals surface area contributed by atoms with E-state index in [0.717, 1.165) is 16.9 Å². The first kappa shape index (κ1) is 10.0. The molecule has 86 valence electrons. The van der Waals surface area contributed by atoms with Gasteiger partial charge in [-0.2, -0.15) is 10.2 Å². The van der Waals surface area contributed by atoms with Gasteiger partial charge in [-0.05, 0) is 12.1 Å². The highest BCUT2D eigenvalue weighted by Gasteiger charge is 2.12. The highest BCUT2D eigenvalue weighted by molar-refractivity contribution is 5.75. The van der Waals surface area contributed by atoms with Crippen LogP contribution in [0.5, 0.6) is 0 Å². The summed E-state index contributed by atoms with van der Waals surface area (Å²) in [5.41, 5.74) is 1.97. The number of H-pyrrole nitrogens is 1. The van der Waals surface area contributed by atoms with Crippen molar-refractivity contribution in [2.45, 2.75) is 19.8 Å². The fourth-order valence-corrected chi connectivity index (χ4v) is 1.76. The molecule has 0 bridgehead atoms. The van der Waals surface area contributed by atoms with Crippen molar-refractivity contribution in [2.75, 3.05) is 0 Å². The first-order valence-corrected chi connectivity index (χ1v) is 5.61. The average Bonchev–Trinajstić information content (AvgIpc) is 2.95. The summed E-state index contributed by atoms with van der Waals surface area (Å²) in [6.07, 6.45) is 3.71. The lowest BCUT2D eigenvalue weighted by Crippen LogP contribution is -1.89. The number of rotatable bonds is 2. The zero-order valence-electron chi connectivity index (χ0n) is 9.75. The molecule has 0 amide bonds. The molecule has 3 rings (SSSR count). The molecule has 5 nitrogen and oxygen atoms in total. The van der Waals surface area contributed by atoms with Crippen molar-refractivity contribution in [1.29, 1.82) is 0 Å². The van der Waals surface area contributed by atoms with Gasteiger partial charge in [0.05, 0.1) is 17.3 Å². The number of aromatic nitrogens is 5. The lowest BCUT2D eigenvalue weighted by Gasteiger charge is -1.95. The number of nitrogens with zero attached hydrogens (tertiary/aromatic N) is 4. The molecule has 3 heterocycles. The van der Waals surface area contributed by atoms with Crippen LogP contribution in [0.15, 0.2) is 30.6 Å². The number of pyridine rings is 1. The van der Waals surface area contributed by atoms with Crippen LogP contribution in [-0.2, 0) is 0 Å². The fourth-order valence-electron chi connectivity index (χ4n) is 1.76. The second-order valence-corrected chi connectivity index (χ2v) is 4.29. The number of nitrogens with one attached hydrogen (secondary N) is 1. The van der Waals surface area contributed by atoms with E-state index < -0.39 is 0 Å². The van der Waals surface area contributed by atoms with Crippen LogP contribution in [-0.4, -0.2) is 24.8 Å². The molecular formula is C12H13N5. The molecule has 0 saturated carbocycles. The molecule has 0 atom stereocenters. The quantitative estimate of drug-likeness (QED) is 0.730. The van der Waals surface area contributed by atoms with Gasteiger partial charge in [0.2, 0.25) is 0 Å². The minimum absolute atomic E-state index is 0.345. The zero-order valence-corrected chi connectivity index (χ0v) is 9.75. The minimum atomic E-state index is 0.345. The summed E-state index contributed by atoms with van der Waals surface area (Å²) in [5.74, 6) is 1.95. The van der Waals surface area contributed by atoms with Crippen molar-refractivity contribution < 1.29 is 0 Å². The lowest BCUT2D eigenvalue weighted by molar-refractivity contribution is 0.781. The van der Waals surface area contributed by atoms with E-state index in [1.807, 2.05) is 28.9 Å². The Morgan fingerprint density at radius 2 is 2.18 bits per heavy atom. The molecule has 0 spiro atoms. The summed E-state index contributed by atoms with van der Waals surface area (Å²) in [4.78, 5) is 4.48. The third-order valence-corrected chi connectivity index (χ3v) is 2.72. The van der Waals surface area contributed by atoms with Crippen molar-refractivity contribution in [2.24, 2.45) is 0 Å². The van der Waals surface area contributed by atoms with E-state index in [4.69, 9.17) is 0 Å². The van der Waals surface area contributed by atoms with E-state index >= 15 is 0 Å². The van der Waals surface area contributed by atoms with E-state index in [2.05, 4.69) is 34.1 Å². The van der Waals surface area contributed by atoms with Crippen LogP contribution in [0.1, 0.15) is 25.6 Å². The first-order chi connectivity index (χ1) is 8.25. The normalized spacial score (nSPS) is 11.5. The highest BCUT2D eigenvalue weighted by atomic mass is 15.2. The molecule has 17 heavy (non-hydrogen) atoms. The maximum absolute atomic E-state index is 4.48. The van der Waals surface area contributed by atoms with Crippen LogP contribution in [0.4, 0.5) is 0 Å². The Bertz CT molecular complexity index is 650. The molecule has 0 radical (unpaired) electrons. The van der Waals surface area contributed by atoms with Crippen LogP contribution in [0, 0.1) is 0 Å². The number of aromatic amines is 1. The van der Waals surface area contributed by atoms with Gasteiger partial charge in [0.25, 0.3) is 0 Å². The first-order valence-electron chi connectivity index (χ1n) is 5.61. The monoisotopic (exact) mass is 227 g/mol. The number of hydrogen-bond donors (Lipinski definition) is 1. The molecule has 0 aliphatic carbocycles. The second-order valence-electron chi connectivity index (χ2n) is 4.29. The average molecular weight is 227 g/mol. The van der Waals surface area contributed by atoms with Crippen LogP contribution < -0.4 is 0 Å². The number of fused-ring (bicyclic) bond motifs is 1. The molecular weight excluding hydrogens is 214 g/mol. The fraction of sp³-hybridized carbons (Fsp3) is 0.250. The third kappa shape index (κ3) is 1.60. The standard InChI is InChI=1S/C12H13N5/c1-8(2)11-14-12(16-15-11)9-7-13-17-6-4-3-5-10(9)17/h3-8H,1-2H3,(H,14,15,16). The predicted octanol–water partition coefficient (Wildman–Crippen LogP) is 2.24. The van der Waals surface area contributed by atoms with Gasteiger partial charge in [0, 0.05) is 12.1 Å². The lowest BCUT2D eigenvalue weighted by atomic mass is 10.2. The highest BCUT2D eigenvalue weighted by Crippen LogP contribution is 2.21. The third-order valence-electron chi connectivity index (χ3n) is 2.72. The van der Waals surface area contributed by atoms with E-state index in [0.29, 0.717) is 11.7 Å². The Labute approximate surface area is 98.5 Å². The topological polar surface area (TPSA) is 58.9 Å². The molecule has 0 aliphatic rings. The summed E-state index contributed by atoms with van der Waals surface area (Å²) >= 11 is 0. The maximum Gasteiger partial charge on any atom is 0.184 e. The van der Waals surface area contributed by atoms with Crippen LogP contribution in [0.25, 0.3) is 16.9 Å². The van der Waals surface area contributed by atoms with Gasteiger partial charge in [-0.15, -0.1) is 0 Å². The Kier molecular flexibility index (Phi) is 2.18. The summed E-state index contributed by atoms with van der Waals surface area (Å²) in [7, 11) is 0. The van der Waals surface area contributed by atoms with Crippen LogP contribution in [0.3, 0.4) is 0 Å². The van der Waals surface area contributed by atoms with E-state index in [9.17, 15) is 0 Å². The Balaban J connectivity index is 2.14. The Morgan fingerprint density at radius 1 is 1.29 bits per heavy atom. The smallest absolute Gasteiger partial charge is 0.184 e. The summed E-state index contributed by atoms with van der Waals surface area (Å²) in [6, 6.07) is 5.94. The Hall–Kier alpha value is -2.17. The summed E-state index contributed by atoms with van der Waals surface area (Å²) in [5, 5.41) is 11.5. The van der Waals surface area contributed by atoms with Crippen molar-refractivity contribution >= 4 is 5.52 Å². The van der Waals surface area contributed by atoms with Crippen LogP contribution >= 0.6 is 0 Å². The molecule has 0 unspecified atom stereocenters. The SMILES string of the molecule is CC(C)c1nc(-c2cnn3ccccc23)n[nH]1. The second kappa shape index (κ2) is 3.69. The van der Waals surface area contributed by atoms with Crippen molar-refractivity contribution in [3.05, 3.63) is 36.4 Å². The van der Waals surface area contributed by atoms with Crippen LogP contribution in [0.2, 0.25) is 0 Å². The minimum Gasteiger partial charge on any atom is -0.262 e. The zero-order chi connectivity index (χ0) is 11.8. The van der Waals surface area contributed by atoms with Gasteiger partial charge in [-0.25, -0.2) is 9.50 Å². The molecule has 3 aromatic rings. The molecule has 5 heteroatoms. The van der Waals surface area contributed by atoms with Gasteiger partial charge in [-0.3, -0.25) is 5.10 Å². The maximum atomic E-state index is 4.48. The Morgan fingerprint density at radius 3 is 2.94 bits per heavy atom. The predicted molar refractivity (Wildman–Crippen MR) is 64.7 cm³/mol. The molecule has 3 aromatic heterocycles. The summed E-state index contributed by atoms with van der Waals surface area (Å²) < 4.78 is 1.82. The van der Waals surface area contributed by atoms with Gasteiger partial charge in [0.1, 0.15) is 5.82 Å². The van der Waals surface area contributed by atoms with Crippen molar-refractivity contribution in [3.63, 3.8) is 0 Å². The van der Waals surface area contributed by atoms with Gasteiger partial charge in [-0.1, -0.05) is 19.9 Å². The van der Waals surface area contributed by atoms with Crippen molar-refractivity contribution in [3.8, 4) is 11.4 Å².